The van der Waals surface area contributed by atoms with Crippen molar-refractivity contribution in [1.29, 1.82) is 0 Å². The average Bonchev–Trinajstić information content (AvgIpc) is 3.59. The third-order valence-corrected chi connectivity index (χ3v) is 11.5. The van der Waals surface area contributed by atoms with Gasteiger partial charge in [0, 0.05) is 36.1 Å². The smallest absolute Gasteiger partial charge is 0.656 e. The van der Waals surface area contributed by atoms with Crippen molar-refractivity contribution in [3.63, 3.8) is 0 Å². The molecule has 0 aliphatic carbocycles. The van der Waals surface area contributed by atoms with Crippen LogP contribution in [0.25, 0.3) is 10.6 Å². The molecule has 0 spiro atoms. The number of carboxylic acids is 2. The molecule has 0 aromatic heterocycles. The molecule has 10 nitrogen and oxygen atoms in total. The summed E-state index contributed by atoms with van der Waals surface area (Å²) in [7, 11) is 0. The van der Waals surface area contributed by atoms with Gasteiger partial charge in [0.2, 0.25) is 0 Å². The number of hydrogen-bond acceptors (Lipinski definition) is 8. The van der Waals surface area contributed by atoms with E-state index in [1.54, 1.807) is 6.92 Å². The molecule has 12 unspecified atom stereocenters. The summed E-state index contributed by atoms with van der Waals surface area (Å²) >= 11 is 0. The first kappa shape index (κ1) is 44.0. The largest absolute Gasteiger partial charge is 2.00 e. The molecule has 2 saturated heterocycles. The molecule has 12 atom stereocenters. The monoisotopic (exact) mass is 858 g/mol. The van der Waals surface area contributed by atoms with Gasteiger partial charge in [0.15, 0.2) is 0 Å². The maximum atomic E-state index is 11.5. The Morgan fingerprint density at radius 1 is 0.766 bits per heavy atom. The number of aliphatic hydroxyl groups excluding tert-OH is 2. The Labute approximate surface area is 345 Å². The number of carboxylic acid groups (broad SMARTS) is 2. The van der Waals surface area contributed by atoms with Crippen molar-refractivity contribution in [2.24, 2.45) is 11.8 Å². The average molecular weight is 857 g/mol. The molecule has 5 aliphatic heterocycles. The van der Waals surface area contributed by atoms with Gasteiger partial charge in [-0.2, -0.15) is 0 Å². The fraction of sp³-hybridized carbons (Fsp3) is 0.765. The van der Waals surface area contributed by atoms with Gasteiger partial charge in [0.25, 0.3) is 0 Å². The Hall–Kier alpha value is 0.855. The molecule has 4 N–H and O–H groups in total. The fourth-order valence-corrected chi connectivity index (χ4v) is 9.23. The molecule has 13 heteroatoms. The van der Waals surface area contributed by atoms with E-state index in [0.29, 0.717) is 32.1 Å². The molecule has 5 aliphatic rings. The van der Waals surface area contributed by atoms with Gasteiger partial charge in [-0.15, -0.1) is 24.2 Å². The van der Waals surface area contributed by atoms with E-state index in [1.165, 1.54) is 0 Å². The van der Waals surface area contributed by atoms with E-state index < -0.39 is 24.1 Å². The minimum atomic E-state index is -1.08. The topological polar surface area (TPSA) is 173 Å². The second-order valence-electron chi connectivity index (χ2n) is 14.1. The van der Waals surface area contributed by atoms with Crippen LogP contribution in [0.3, 0.4) is 0 Å². The molecule has 0 saturated carbocycles. The number of nitrogens with one attached hydrogen (secondary N) is 2. The number of aliphatic carboxylic acids is 2. The van der Waals surface area contributed by atoms with Crippen LogP contribution in [0.1, 0.15) is 92.9 Å². The first-order valence-electron chi connectivity index (χ1n) is 16.5. The summed E-state index contributed by atoms with van der Waals surface area (Å²) in [6.07, 6.45) is 2.29. The molecule has 5 rings (SSSR count). The number of fused-ring (bicyclic) bond motifs is 8. The minimum absolute atomic E-state index is 0. The summed E-state index contributed by atoms with van der Waals surface area (Å²) in [4.78, 5) is 23.0. The summed E-state index contributed by atoms with van der Waals surface area (Å²) in [6, 6.07) is -0.512. The fourth-order valence-electron chi connectivity index (χ4n) is 9.23. The molecule has 0 aromatic carbocycles. The minimum Gasteiger partial charge on any atom is -0.656 e. The van der Waals surface area contributed by atoms with Gasteiger partial charge in [-0.3, -0.25) is 0 Å². The number of rotatable bonds is 8. The van der Waals surface area contributed by atoms with E-state index in [4.69, 9.17) is 10.6 Å². The van der Waals surface area contributed by atoms with Gasteiger partial charge in [-0.25, -0.2) is 0 Å². The number of carbonyl (C=O) groups excluding carboxylic acids is 2. The van der Waals surface area contributed by atoms with E-state index >= 15 is 0 Å². The first-order valence-corrected chi connectivity index (χ1v) is 16.5. The molecule has 47 heavy (non-hydrogen) atoms. The number of hydrogen-bond donors (Lipinski definition) is 4. The second kappa shape index (κ2) is 18.6. The van der Waals surface area contributed by atoms with Crippen LogP contribution in [-0.2, 0) is 37.3 Å². The predicted molar refractivity (Wildman–Crippen MR) is 164 cm³/mol. The van der Waals surface area contributed by atoms with E-state index in [1.807, 2.05) is 6.92 Å². The standard InChI is InChI=1S/C34H52N4O6.Hg.2Na/c1-15-21(7-9-31(41)42)27-14-28-22(8-10-32(43)44)16(2)24(36-28)12-29-34(20(6)40)18(4)26(38-29)13-30-33(19(5)39)17(3)25(37-30)11-23(15)35-27;;;/h15,19-21,23-30,36-37,39-40H,7-14H2,1-6H3,(H,41,42)(H,43,44);;;/q-2;+2;2*+1/p-2. The molecular weight excluding hydrogens is 807 g/mol. The van der Waals surface area contributed by atoms with E-state index in [9.17, 15) is 30.0 Å². The van der Waals surface area contributed by atoms with Gasteiger partial charge in [-0.1, -0.05) is 46.6 Å². The van der Waals surface area contributed by atoms with Crippen LogP contribution in [0.4, 0.5) is 0 Å². The Bertz CT molecular complexity index is 1240. The number of nitrogens with zero attached hydrogens (tertiary/aromatic N) is 2. The van der Waals surface area contributed by atoms with Gasteiger partial charge < -0.3 is 51.3 Å². The van der Waals surface area contributed by atoms with Gasteiger partial charge in [-0.05, 0) is 91.6 Å². The van der Waals surface area contributed by atoms with Crippen LogP contribution in [0, 0.1) is 11.8 Å². The Morgan fingerprint density at radius 2 is 1.32 bits per heavy atom. The zero-order valence-electron chi connectivity index (χ0n) is 29.7. The van der Waals surface area contributed by atoms with Crippen molar-refractivity contribution in [1.82, 2.24) is 10.6 Å². The maximum Gasteiger partial charge on any atom is 2.00 e. The molecular formula is C34H50HgN4Na2O6. The SMILES string of the molecule is CC1=C(C(C)O)C2CC3NC(CC4[N-]C(CC5NC(CC1[N-]2)C(C(C)O)=C5C)C(C)C4CCC(=O)[O-])C(CCC(=O)[O-])=C3C.[Hg+2].[Na+].[Na+]. The molecule has 0 aromatic rings. The van der Waals surface area contributed by atoms with Crippen LogP contribution in [0.5, 0.6) is 0 Å². The van der Waals surface area contributed by atoms with Crippen molar-refractivity contribution < 1.29 is 117 Å². The van der Waals surface area contributed by atoms with Crippen molar-refractivity contribution in [2.75, 3.05) is 0 Å². The molecule has 0 amide bonds. The molecule has 246 valence electrons. The van der Waals surface area contributed by atoms with E-state index in [-0.39, 0.29) is 160 Å². The van der Waals surface area contributed by atoms with Crippen LogP contribution < -0.4 is 80.0 Å². The summed E-state index contributed by atoms with van der Waals surface area (Å²) in [5.41, 5.74) is 6.38. The Morgan fingerprint density at radius 3 is 1.91 bits per heavy atom. The second-order valence-corrected chi connectivity index (χ2v) is 14.1. The van der Waals surface area contributed by atoms with Gasteiger partial charge in [0.05, 0.1) is 12.2 Å². The first-order chi connectivity index (χ1) is 20.8. The van der Waals surface area contributed by atoms with Gasteiger partial charge in [0.1, 0.15) is 0 Å². The third-order valence-electron chi connectivity index (χ3n) is 11.5. The normalized spacial score (nSPS) is 36.4. The Balaban J connectivity index is 0.00000256. The zero-order chi connectivity index (χ0) is 32.0. The van der Waals surface area contributed by atoms with E-state index in [0.717, 1.165) is 39.9 Å². The molecule has 5 heterocycles. The van der Waals surface area contributed by atoms with Crippen LogP contribution in [0.2, 0.25) is 0 Å². The van der Waals surface area contributed by atoms with Gasteiger partial charge >= 0.3 is 86.8 Å². The number of aliphatic hydroxyl groups is 2. The van der Waals surface area contributed by atoms with Crippen LogP contribution >= 0.6 is 0 Å². The quantitative estimate of drug-likeness (QED) is 0.140. The predicted octanol–water partition coefficient (Wildman–Crippen LogP) is -4.48. The summed E-state index contributed by atoms with van der Waals surface area (Å²) in [5.74, 6) is -1.91. The van der Waals surface area contributed by atoms with Crippen molar-refractivity contribution in [3.8, 4) is 0 Å². The molecule has 2 fully saturated rings. The third kappa shape index (κ3) is 9.65. The summed E-state index contributed by atoms with van der Waals surface area (Å²) < 4.78 is 0. The van der Waals surface area contributed by atoms with E-state index in [2.05, 4.69) is 38.3 Å². The van der Waals surface area contributed by atoms with Crippen molar-refractivity contribution >= 4 is 11.9 Å². The maximum absolute atomic E-state index is 11.5. The van der Waals surface area contributed by atoms with Crippen LogP contribution in [0.15, 0.2) is 33.4 Å². The molecule has 0 radical (unpaired) electrons. The van der Waals surface area contributed by atoms with Crippen molar-refractivity contribution in [3.05, 3.63) is 44.1 Å². The Kier molecular flexibility index (Phi) is 17.4. The molecule has 8 bridgehead atoms. The zero-order valence-corrected chi connectivity index (χ0v) is 39.2. The summed E-state index contributed by atoms with van der Waals surface area (Å²) in [6.45, 7) is 12.0. The van der Waals surface area contributed by atoms with Crippen LogP contribution in [-0.4, -0.2) is 82.7 Å². The number of carbonyl (C=O) groups is 2. The van der Waals surface area contributed by atoms with Crippen molar-refractivity contribution in [2.45, 2.75) is 153 Å². The summed E-state index contributed by atoms with van der Waals surface area (Å²) in [5, 5.41) is 63.0.